The summed E-state index contributed by atoms with van der Waals surface area (Å²) in [7, 11) is 1.77. The van der Waals surface area contributed by atoms with Gasteiger partial charge in [-0.1, -0.05) is 18.2 Å². The third-order valence-electron chi connectivity index (χ3n) is 4.39. The topological polar surface area (TPSA) is 80.1 Å². The molecule has 0 fully saturated rings. The SMILES string of the molecule is CC(=O)Nc1cccc(C(=O)N(C)C(C)c2ccc(-n3cncn3)cc2)c1. The van der Waals surface area contributed by atoms with Crippen molar-refractivity contribution in [3.05, 3.63) is 72.3 Å². The fraction of sp³-hybridized carbons (Fsp3) is 0.200. The lowest BCUT2D eigenvalue weighted by Gasteiger charge is -2.26. The molecule has 0 spiro atoms. The van der Waals surface area contributed by atoms with Crippen molar-refractivity contribution in [2.75, 3.05) is 12.4 Å². The summed E-state index contributed by atoms with van der Waals surface area (Å²) in [5, 5.41) is 6.80. The molecule has 0 saturated heterocycles. The van der Waals surface area contributed by atoms with E-state index in [4.69, 9.17) is 0 Å². The number of nitrogens with one attached hydrogen (secondary N) is 1. The van der Waals surface area contributed by atoms with Gasteiger partial charge < -0.3 is 10.2 Å². The molecule has 138 valence electrons. The molecule has 2 aromatic carbocycles. The van der Waals surface area contributed by atoms with Gasteiger partial charge in [0, 0.05) is 25.2 Å². The molecular formula is C20H21N5O2. The summed E-state index contributed by atoms with van der Waals surface area (Å²) in [6.45, 7) is 3.41. The zero-order valence-corrected chi connectivity index (χ0v) is 15.5. The molecule has 1 unspecified atom stereocenters. The average Bonchev–Trinajstić information content (AvgIpc) is 3.21. The maximum absolute atomic E-state index is 12.8. The van der Waals surface area contributed by atoms with E-state index >= 15 is 0 Å². The third kappa shape index (κ3) is 4.20. The Hall–Kier alpha value is -3.48. The lowest BCUT2D eigenvalue weighted by atomic mass is 10.1. The third-order valence-corrected chi connectivity index (χ3v) is 4.39. The van der Waals surface area contributed by atoms with Crippen LogP contribution in [-0.2, 0) is 4.79 Å². The van der Waals surface area contributed by atoms with Gasteiger partial charge >= 0.3 is 0 Å². The summed E-state index contributed by atoms with van der Waals surface area (Å²) in [6.07, 6.45) is 3.12. The second-order valence-electron chi connectivity index (χ2n) is 6.29. The Morgan fingerprint density at radius 1 is 1.15 bits per heavy atom. The number of benzene rings is 2. The monoisotopic (exact) mass is 363 g/mol. The molecule has 27 heavy (non-hydrogen) atoms. The van der Waals surface area contributed by atoms with E-state index in [0.29, 0.717) is 11.3 Å². The van der Waals surface area contributed by atoms with Crippen LogP contribution in [0.3, 0.4) is 0 Å². The normalized spacial score (nSPS) is 11.7. The Bertz CT molecular complexity index is 935. The summed E-state index contributed by atoms with van der Waals surface area (Å²) in [5.74, 6) is -0.288. The van der Waals surface area contributed by atoms with E-state index in [1.54, 1.807) is 47.2 Å². The van der Waals surface area contributed by atoms with Crippen LogP contribution in [0.15, 0.2) is 61.2 Å². The van der Waals surface area contributed by atoms with E-state index in [0.717, 1.165) is 11.3 Å². The van der Waals surface area contributed by atoms with E-state index in [9.17, 15) is 9.59 Å². The molecule has 0 bridgehead atoms. The van der Waals surface area contributed by atoms with Crippen LogP contribution in [0.4, 0.5) is 5.69 Å². The van der Waals surface area contributed by atoms with E-state index in [-0.39, 0.29) is 17.9 Å². The van der Waals surface area contributed by atoms with Crippen LogP contribution < -0.4 is 5.32 Å². The lowest BCUT2D eigenvalue weighted by Crippen LogP contribution is -2.29. The smallest absolute Gasteiger partial charge is 0.254 e. The molecule has 7 nitrogen and oxygen atoms in total. The second kappa shape index (κ2) is 7.82. The quantitative estimate of drug-likeness (QED) is 0.755. The van der Waals surface area contributed by atoms with E-state index in [1.165, 1.54) is 13.3 Å². The molecule has 1 aromatic heterocycles. The zero-order chi connectivity index (χ0) is 19.4. The van der Waals surface area contributed by atoms with Gasteiger partial charge in [0.25, 0.3) is 5.91 Å². The molecule has 0 aliphatic heterocycles. The molecule has 1 N–H and O–H groups in total. The van der Waals surface area contributed by atoms with Crippen molar-refractivity contribution in [2.24, 2.45) is 0 Å². The highest BCUT2D eigenvalue weighted by Crippen LogP contribution is 2.23. The van der Waals surface area contributed by atoms with Crippen molar-refractivity contribution < 1.29 is 9.59 Å². The van der Waals surface area contributed by atoms with Crippen LogP contribution in [0, 0.1) is 0 Å². The van der Waals surface area contributed by atoms with Crippen LogP contribution in [0.25, 0.3) is 5.69 Å². The molecule has 0 saturated carbocycles. The summed E-state index contributed by atoms with van der Waals surface area (Å²) in [6, 6.07) is 14.6. The molecule has 3 aromatic rings. The van der Waals surface area contributed by atoms with Crippen molar-refractivity contribution in [1.82, 2.24) is 19.7 Å². The molecule has 0 aliphatic carbocycles. The van der Waals surface area contributed by atoms with E-state index in [1.807, 2.05) is 31.2 Å². The van der Waals surface area contributed by atoms with Crippen molar-refractivity contribution in [1.29, 1.82) is 0 Å². The van der Waals surface area contributed by atoms with Gasteiger partial charge in [-0.3, -0.25) is 9.59 Å². The second-order valence-corrected chi connectivity index (χ2v) is 6.29. The van der Waals surface area contributed by atoms with Crippen molar-refractivity contribution >= 4 is 17.5 Å². The minimum absolute atomic E-state index is 0.116. The molecule has 0 radical (unpaired) electrons. The summed E-state index contributed by atoms with van der Waals surface area (Å²) in [5.41, 5.74) is 3.04. The van der Waals surface area contributed by atoms with E-state index in [2.05, 4.69) is 15.4 Å². The van der Waals surface area contributed by atoms with Gasteiger partial charge in [-0.2, -0.15) is 5.10 Å². The standard InChI is InChI=1S/C20H21N5O2/c1-14(16-7-9-19(10-8-16)25-13-21-12-22-25)24(3)20(27)17-5-4-6-18(11-17)23-15(2)26/h4-14H,1-3H3,(H,23,26). The number of hydrogen-bond donors (Lipinski definition) is 1. The highest BCUT2D eigenvalue weighted by atomic mass is 16.2. The Balaban J connectivity index is 1.75. The molecule has 7 heteroatoms. The first-order valence-corrected chi connectivity index (χ1v) is 8.55. The van der Waals surface area contributed by atoms with Crippen molar-refractivity contribution in [3.8, 4) is 5.69 Å². The minimum atomic E-state index is -0.172. The van der Waals surface area contributed by atoms with Gasteiger partial charge in [-0.05, 0) is 42.8 Å². The Morgan fingerprint density at radius 3 is 2.52 bits per heavy atom. The number of carbonyl (C=O) groups excluding carboxylic acids is 2. The fourth-order valence-corrected chi connectivity index (χ4v) is 2.78. The first-order chi connectivity index (χ1) is 13.0. The number of amides is 2. The largest absolute Gasteiger partial charge is 0.335 e. The number of anilines is 1. The van der Waals surface area contributed by atoms with Gasteiger partial charge in [0.2, 0.25) is 5.91 Å². The van der Waals surface area contributed by atoms with Gasteiger partial charge in [-0.15, -0.1) is 0 Å². The van der Waals surface area contributed by atoms with Gasteiger partial charge in [0.05, 0.1) is 11.7 Å². The number of carbonyl (C=O) groups is 2. The molecule has 0 aliphatic rings. The first kappa shape index (κ1) is 18.3. The predicted octanol–water partition coefficient (Wildman–Crippen LogP) is 3.06. The highest BCUT2D eigenvalue weighted by molar-refractivity contribution is 5.96. The summed E-state index contributed by atoms with van der Waals surface area (Å²) < 4.78 is 1.68. The Morgan fingerprint density at radius 2 is 1.89 bits per heavy atom. The Labute approximate surface area is 157 Å². The Kier molecular flexibility index (Phi) is 5.30. The number of hydrogen-bond acceptors (Lipinski definition) is 4. The summed E-state index contributed by atoms with van der Waals surface area (Å²) >= 11 is 0. The van der Waals surface area contributed by atoms with Gasteiger partial charge in [0.15, 0.2) is 0 Å². The number of aromatic nitrogens is 3. The van der Waals surface area contributed by atoms with Crippen molar-refractivity contribution in [2.45, 2.75) is 19.9 Å². The number of nitrogens with zero attached hydrogens (tertiary/aromatic N) is 4. The van der Waals surface area contributed by atoms with Gasteiger partial charge in [-0.25, -0.2) is 9.67 Å². The molecular weight excluding hydrogens is 342 g/mol. The zero-order valence-electron chi connectivity index (χ0n) is 15.5. The molecule has 1 atom stereocenters. The highest BCUT2D eigenvalue weighted by Gasteiger charge is 2.19. The van der Waals surface area contributed by atoms with Crippen LogP contribution in [-0.4, -0.2) is 38.5 Å². The van der Waals surface area contributed by atoms with Crippen LogP contribution >= 0.6 is 0 Å². The van der Waals surface area contributed by atoms with Gasteiger partial charge in [0.1, 0.15) is 12.7 Å². The van der Waals surface area contributed by atoms with Crippen LogP contribution in [0.2, 0.25) is 0 Å². The van der Waals surface area contributed by atoms with Crippen LogP contribution in [0.5, 0.6) is 0 Å². The summed E-state index contributed by atoms with van der Waals surface area (Å²) in [4.78, 5) is 29.7. The fourth-order valence-electron chi connectivity index (χ4n) is 2.78. The molecule has 1 heterocycles. The van der Waals surface area contributed by atoms with Crippen molar-refractivity contribution in [3.63, 3.8) is 0 Å². The number of rotatable bonds is 5. The maximum Gasteiger partial charge on any atom is 0.254 e. The lowest BCUT2D eigenvalue weighted by molar-refractivity contribution is -0.114. The predicted molar refractivity (Wildman–Crippen MR) is 103 cm³/mol. The molecule has 3 rings (SSSR count). The minimum Gasteiger partial charge on any atom is -0.335 e. The van der Waals surface area contributed by atoms with Crippen LogP contribution in [0.1, 0.15) is 35.8 Å². The maximum atomic E-state index is 12.8. The molecule has 2 amide bonds. The average molecular weight is 363 g/mol. The van der Waals surface area contributed by atoms with E-state index < -0.39 is 0 Å². The first-order valence-electron chi connectivity index (χ1n) is 8.55.